The maximum absolute atomic E-state index is 6.15. The Balaban J connectivity index is 1.51. The minimum Gasteiger partial charge on any atom is -0.497 e. The fourth-order valence-electron chi connectivity index (χ4n) is 2.84. The van der Waals surface area contributed by atoms with E-state index < -0.39 is 0 Å². The molecule has 0 bridgehead atoms. The van der Waals surface area contributed by atoms with Crippen LogP contribution in [0.4, 0.5) is 5.95 Å². The van der Waals surface area contributed by atoms with Crippen molar-refractivity contribution in [1.29, 1.82) is 0 Å². The summed E-state index contributed by atoms with van der Waals surface area (Å²) in [4.78, 5) is 8.69. The number of ether oxygens (including phenoxy) is 1. The first kappa shape index (κ1) is 13.6. The number of hydrogen-bond acceptors (Lipinski definition) is 5. The van der Waals surface area contributed by atoms with Gasteiger partial charge in [0.15, 0.2) is 0 Å². The monoisotopic (exact) mass is 317 g/mol. The number of anilines is 1. The molecule has 0 saturated heterocycles. The largest absolute Gasteiger partial charge is 0.497 e. The highest BCUT2D eigenvalue weighted by Gasteiger charge is 2.19. The number of hydrogen-bond donors (Lipinski definition) is 1. The number of allylic oxidation sites excluding steroid dienone is 2. The zero-order chi connectivity index (χ0) is 15.1. The van der Waals surface area contributed by atoms with Crippen LogP contribution in [0.5, 0.6) is 0 Å². The average molecular weight is 318 g/mol. The summed E-state index contributed by atoms with van der Waals surface area (Å²) in [5.74, 6) is 2.23. The summed E-state index contributed by atoms with van der Waals surface area (Å²) in [5.41, 5.74) is 3.51. The third-order valence-electron chi connectivity index (χ3n) is 3.93. The van der Waals surface area contributed by atoms with E-state index in [-0.39, 0.29) is 0 Å². The van der Waals surface area contributed by atoms with Crippen LogP contribution in [-0.4, -0.2) is 32.7 Å². The second-order valence-electron chi connectivity index (χ2n) is 5.57. The van der Waals surface area contributed by atoms with Crippen molar-refractivity contribution in [3.05, 3.63) is 39.9 Å². The molecule has 4 rings (SSSR count). The highest BCUT2D eigenvalue weighted by atomic mass is 35.5. The Kier molecular flexibility index (Phi) is 3.26. The van der Waals surface area contributed by atoms with Gasteiger partial charge in [0.1, 0.15) is 5.15 Å². The maximum atomic E-state index is 6.15. The molecule has 0 saturated carbocycles. The predicted molar refractivity (Wildman–Crippen MR) is 83.9 cm³/mol. The molecule has 2 aliphatic rings. The van der Waals surface area contributed by atoms with Crippen LogP contribution in [0.25, 0.3) is 5.78 Å². The number of fused-ring (bicyclic) bond motifs is 1. The van der Waals surface area contributed by atoms with Gasteiger partial charge in [0.05, 0.1) is 12.4 Å². The lowest BCUT2D eigenvalue weighted by Gasteiger charge is -2.14. The lowest BCUT2D eigenvalue weighted by molar-refractivity contribution is 0.234. The van der Waals surface area contributed by atoms with Gasteiger partial charge in [-0.1, -0.05) is 23.3 Å². The van der Waals surface area contributed by atoms with Crippen LogP contribution in [0.2, 0.25) is 5.15 Å². The van der Waals surface area contributed by atoms with Crippen LogP contribution in [0.1, 0.15) is 25.0 Å². The topological polar surface area (TPSA) is 64.3 Å². The number of nitrogens with zero attached hydrogens (tertiary/aromatic N) is 4. The molecule has 7 heteroatoms. The molecule has 1 aliphatic heterocycles. The van der Waals surface area contributed by atoms with Crippen LogP contribution in [0, 0.1) is 6.92 Å². The highest BCUT2D eigenvalue weighted by molar-refractivity contribution is 6.29. The molecule has 1 aliphatic carbocycles. The van der Waals surface area contributed by atoms with Crippen molar-refractivity contribution >= 4 is 23.3 Å². The van der Waals surface area contributed by atoms with Crippen molar-refractivity contribution < 1.29 is 4.74 Å². The first-order valence-electron chi connectivity index (χ1n) is 7.37. The zero-order valence-corrected chi connectivity index (χ0v) is 13.0. The second kappa shape index (κ2) is 5.28. The van der Waals surface area contributed by atoms with Gasteiger partial charge in [0, 0.05) is 25.1 Å². The minimum absolute atomic E-state index is 0.512. The van der Waals surface area contributed by atoms with Crippen molar-refractivity contribution in [2.24, 2.45) is 0 Å². The van der Waals surface area contributed by atoms with Crippen LogP contribution >= 0.6 is 11.6 Å². The molecular formula is C15H16ClN5O. The Hall–Kier alpha value is -2.08. The van der Waals surface area contributed by atoms with Gasteiger partial charge >= 0.3 is 0 Å². The molecular weight excluding hydrogens is 302 g/mol. The maximum Gasteiger partial charge on any atom is 0.255 e. The molecule has 0 amide bonds. The number of rotatable bonds is 3. The minimum atomic E-state index is 0.512. The van der Waals surface area contributed by atoms with Gasteiger partial charge in [0.25, 0.3) is 5.78 Å². The van der Waals surface area contributed by atoms with Gasteiger partial charge in [-0.05, 0) is 25.0 Å². The molecule has 0 spiro atoms. The van der Waals surface area contributed by atoms with E-state index in [1.807, 2.05) is 6.92 Å². The van der Waals surface area contributed by atoms with Crippen molar-refractivity contribution in [2.45, 2.75) is 26.2 Å². The summed E-state index contributed by atoms with van der Waals surface area (Å²) in [6.45, 7) is 3.43. The van der Waals surface area contributed by atoms with Crippen molar-refractivity contribution in [3.8, 4) is 0 Å². The van der Waals surface area contributed by atoms with Crippen LogP contribution in [0.15, 0.2) is 29.0 Å². The highest BCUT2D eigenvalue weighted by Crippen LogP contribution is 2.31. The van der Waals surface area contributed by atoms with Crippen molar-refractivity contribution in [3.63, 3.8) is 0 Å². The van der Waals surface area contributed by atoms with E-state index in [0.29, 0.717) is 16.9 Å². The summed E-state index contributed by atoms with van der Waals surface area (Å²) in [7, 11) is 0. The van der Waals surface area contributed by atoms with Crippen LogP contribution in [0.3, 0.4) is 0 Å². The van der Waals surface area contributed by atoms with Crippen LogP contribution in [-0.2, 0) is 4.74 Å². The number of aryl methyl sites for hydroxylation is 1. The van der Waals surface area contributed by atoms with Crippen LogP contribution < -0.4 is 5.32 Å². The van der Waals surface area contributed by atoms with E-state index in [9.17, 15) is 0 Å². The Morgan fingerprint density at radius 2 is 2.23 bits per heavy atom. The van der Waals surface area contributed by atoms with E-state index in [0.717, 1.165) is 38.1 Å². The van der Waals surface area contributed by atoms with Gasteiger partial charge in [-0.2, -0.15) is 9.50 Å². The Labute approximate surface area is 132 Å². The molecule has 0 aromatic carbocycles. The fourth-order valence-corrected chi connectivity index (χ4v) is 3.12. The quantitative estimate of drug-likeness (QED) is 0.882. The molecule has 1 N–H and O–H groups in total. The normalized spacial score (nSPS) is 17.5. The molecule has 3 heterocycles. The van der Waals surface area contributed by atoms with E-state index in [1.165, 1.54) is 21.4 Å². The fraction of sp³-hybridized carbons (Fsp3) is 0.400. The first-order valence-corrected chi connectivity index (χ1v) is 7.75. The number of nitrogens with one attached hydrogen (secondary N) is 1. The summed E-state index contributed by atoms with van der Waals surface area (Å²) in [6.07, 6.45) is 5.26. The third kappa shape index (κ3) is 2.43. The smallest absolute Gasteiger partial charge is 0.255 e. The molecule has 0 unspecified atom stereocenters. The Morgan fingerprint density at radius 3 is 3.14 bits per heavy atom. The summed E-state index contributed by atoms with van der Waals surface area (Å²) in [5, 5.41) is 8.11. The van der Waals surface area contributed by atoms with Gasteiger partial charge in [-0.3, -0.25) is 0 Å². The SMILES string of the molecule is Cc1cc(Cl)n2nc(NCC3=CC4=C(CC3)OCC4)nc2n1. The Morgan fingerprint density at radius 1 is 1.32 bits per heavy atom. The number of halogens is 1. The zero-order valence-electron chi connectivity index (χ0n) is 12.3. The lowest BCUT2D eigenvalue weighted by Crippen LogP contribution is -2.09. The molecule has 0 fully saturated rings. The van der Waals surface area contributed by atoms with Gasteiger partial charge in [0.2, 0.25) is 5.95 Å². The van der Waals surface area contributed by atoms with Gasteiger partial charge < -0.3 is 10.1 Å². The first-order chi connectivity index (χ1) is 10.7. The molecule has 0 radical (unpaired) electrons. The van der Waals surface area contributed by atoms with E-state index in [1.54, 1.807) is 6.07 Å². The second-order valence-corrected chi connectivity index (χ2v) is 5.96. The summed E-state index contributed by atoms with van der Waals surface area (Å²) in [6, 6.07) is 1.77. The molecule has 2 aromatic rings. The van der Waals surface area contributed by atoms with Crippen molar-refractivity contribution in [2.75, 3.05) is 18.5 Å². The summed E-state index contributed by atoms with van der Waals surface area (Å²) < 4.78 is 7.14. The van der Waals surface area contributed by atoms with E-state index >= 15 is 0 Å². The van der Waals surface area contributed by atoms with E-state index in [4.69, 9.17) is 16.3 Å². The van der Waals surface area contributed by atoms with Crippen molar-refractivity contribution in [1.82, 2.24) is 19.6 Å². The van der Waals surface area contributed by atoms with Gasteiger partial charge in [-0.25, -0.2) is 4.98 Å². The Bertz CT molecular complexity index is 808. The molecule has 114 valence electrons. The third-order valence-corrected chi connectivity index (χ3v) is 4.20. The molecule has 0 atom stereocenters. The molecule has 2 aromatic heterocycles. The van der Waals surface area contributed by atoms with E-state index in [2.05, 4.69) is 26.5 Å². The lowest BCUT2D eigenvalue weighted by atomic mass is 9.97. The molecule has 6 nitrogen and oxygen atoms in total. The molecule has 22 heavy (non-hydrogen) atoms. The number of aromatic nitrogens is 4. The summed E-state index contributed by atoms with van der Waals surface area (Å²) >= 11 is 6.15. The standard InChI is InChI=1S/C15H16ClN5O/c1-9-6-13(16)21-15(18-9)19-14(20-21)17-8-10-2-3-12-11(7-10)4-5-22-12/h6-7H,2-5,8H2,1H3,(H,17,20). The average Bonchev–Trinajstić information content (AvgIpc) is 3.10. The predicted octanol–water partition coefficient (Wildman–Crippen LogP) is 2.89. The van der Waals surface area contributed by atoms with Gasteiger partial charge in [-0.15, -0.1) is 5.10 Å².